The maximum absolute atomic E-state index is 12.4. The van der Waals surface area contributed by atoms with Crippen molar-refractivity contribution >= 4 is 11.8 Å². The predicted octanol–water partition coefficient (Wildman–Crippen LogP) is 1.08. The molecule has 120 valence electrons. The summed E-state index contributed by atoms with van der Waals surface area (Å²) >= 11 is 0. The SMILES string of the molecule is O=C(NC(CO)c1ccco1)C1CCCN(C(=O)C2CC2)C1. The third-order valence-electron chi connectivity index (χ3n) is 4.42. The van der Waals surface area contributed by atoms with Crippen LogP contribution in [-0.2, 0) is 9.59 Å². The van der Waals surface area contributed by atoms with E-state index in [-0.39, 0.29) is 30.3 Å². The van der Waals surface area contributed by atoms with Crippen LogP contribution in [0.15, 0.2) is 22.8 Å². The Morgan fingerprint density at radius 3 is 2.82 bits per heavy atom. The Hall–Kier alpha value is -1.82. The summed E-state index contributed by atoms with van der Waals surface area (Å²) in [6.07, 6.45) is 5.10. The smallest absolute Gasteiger partial charge is 0.225 e. The van der Waals surface area contributed by atoms with E-state index in [1.54, 1.807) is 12.1 Å². The Bertz CT molecular complexity index is 524. The molecule has 1 aromatic rings. The molecule has 2 fully saturated rings. The standard InChI is InChI=1S/C16H22N2O4/c19-10-13(14-4-2-8-22-14)17-15(20)12-3-1-7-18(9-12)16(21)11-5-6-11/h2,4,8,11-13,19H,1,3,5-7,9-10H2,(H,17,20). The van der Waals surface area contributed by atoms with E-state index in [1.807, 2.05) is 4.90 Å². The second kappa shape index (κ2) is 6.52. The van der Waals surface area contributed by atoms with Crippen LogP contribution in [0.1, 0.15) is 37.5 Å². The highest BCUT2D eigenvalue weighted by Gasteiger charge is 2.37. The first-order valence-corrected chi connectivity index (χ1v) is 7.92. The van der Waals surface area contributed by atoms with Crippen molar-refractivity contribution in [1.29, 1.82) is 0 Å². The average Bonchev–Trinajstić information content (AvgIpc) is 3.26. The van der Waals surface area contributed by atoms with Gasteiger partial charge in [0.1, 0.15) is 11.8 Å². The molecule has 1 aromatic heterocycles. The minimum absolute atomic E-state index is 0.122. The summed E-state index contributed by atoms with van der Waals surface area (Å²) in [6, 6.07) is 2.92. The molecule has 2 N–H and O–H groups in total. The van der Waals surface area contributed by atoms with Crippen molar-refractivity contribution in [1.82, 2.24) is 10.2 Å². The summed E-state index contributed by atoms with van der Waals surface area (Å²) < 4.78 is 5.23. The normalized spacial score (nSPS) is 23.1. The number of amides is 2. The molecule has 2 aliphatic rings. The van der Waals surface area contributed by atoms with E-state index < -0.39 is 6.04 Å². The topological polar surface area (TPSA) is 82.8 Å². The third kappa shape index (κ3) is 3.32. The first-order valence-electron chi connectivity index (χ1n) is 7.92. The van der Waals surface area contributed by atoms with Crippen LogP contribution >= 0.6 is 0 Å². The summed E-state index contributed by atoms with van der Waals surface area (Å²) in [6.45, 7) is 1.02. The minimum Gasteiger partial charge on any atom is -0.467 e. The van der Waals surface area contributed by atoms with Crippen molar-refractivity contribution in [3.8, 4) is 0 Å². The first-order chi connectivity index (χ1) is 10.7. The van der Waals surface area contributed by atoms with Crippen LogP contribution in [-0.4, -0.2) is 41.5 Å². The highest BCUT2D eigenvalue weighted by Crippen LogP contribution is 2.32. The zero-order valence-electron chi connectivity index (χ0n) is 12.5. The minimum atomic E-state index is -0.531. The van der Waals surface area contributed by atoms with Crippen molar-refractivity contribution in [3.05, 3.63) is 24.2 Å². The Labute approximate surface area is 129 Å². The molecule has 3 rings (SSSR count). The van der Waals surface area contributed by atoms with Gasteiger partial charge in [-0.05, 0) is 37.8 Å². The predicted molar refractivity (Wildman–Crippen MR) is 78.7 cm³/mol. The molecule has 6 nitrogen and oxygen atoms in total. The molecule has 0 spiro atoms. The first kappa shape index (κ1) is 15.1. The highest BCUT2D eigenvalue weighted by molar-refractivity contribution is 5.83. The molecule has 0 radical (unpaired) electrons. The highest BCUT2D eigenvalue weighted by atomic mass is 16.3. The van der Waals surface area contributed by atoms with Crippen molar-refractivity contribution in [2.24, 2.45) is 11.8 Å². The second-order valence-electron chi connectivity index (χ2n) is 6.16. The molecule has 1 aliphatic heterocycles. The zero-order valence-corrected chi connectivity index (χ0v) is 12.5. The molecule has 1 saturated carbocycles. The molecule has 0 aromatic carbocycles. The number of likely N-dealkylation sites (tertiary alicyclic amines) is 1. The van der Waals surface area contributed by atoms with E-state index in [2.05, 4.69) is 5.32 Å². The van der Waals surface area contributed by atoms with Gasteiger partial charge in [-0.25, -0.2) is 0 Å². The van der Waals surface area contributed by atoms with Gasteiger partial charge >= 0.3 is 0 Å². The lowest BCUT2D eigenvalue weighted by atomic mass is 9.96. The molecular weight excluding hydrogens is 284 g/mol. The van der Waals surface area contributed by atoms with E-state index in [4.69, 9.17) is 4.42 Å². The largest absolute Gasteiger partial charge is 0.467 e. The van der Waals surface area contributed by atoms with Gasteiger partial charge in [-0.2, -0.15) is 0 Å². The van der Waals surface area contributed by atoms with Crippen LogP contribution in [0.4, 0.5) is 0 Å². The summed E-state index contributed by atoms with van der Waals surface area (Å²) in [7, 11) is 0. The van der Waals surface area contributed by atoms with Crippen molar-refractivity contribution < 1.29 is 19.1 Å². The fourth-order valence-electron chi connectivity index (χ4n) is 2.97. The van der Waals surface area contributed by atoms with Gasteiger partial charge in [-0.15, -0.1) is 0 Å². The fourth-order valence-corrected chi connectivity index (χ4v) is 2.97. The number of nitrogens with one attached hydrogen (secondary N) is 1. The van der Waals surface area contributed by atoms with Crippen LogP contribution in [0.5, 0.6) is 0 Å². The molecule has 2 amide bonds. The monoisotopic (exact) mass is 306 g/mol. The Kier molecular flexibility index (Phi) is 4.47. The average molecular weight is 306 g/mol. The lowest BCUT2D eigenvalue weighted by Gasteiger charge is -2.32. The quantitative estimate of drug-likeness (QED) is 0.852. The second-order valence-corrected chi connectivity index (χ2v) is 6.16. The maximum Gasteiger partial charge on any atom is 0.225 e. The molecule has 0 bridgehead atoms. The number of rotatable bonds is 5. The van der Waals surface area contributed by atoms with Gasteiger partial charge < -0.3 is 19.7 Å². The van der Waals surface area contributed by atoms with Crippen molar-refractivity contribution in [2.45, 2.75) is 31.7 Å². The van der Waals surface area contributed by atoms with Crippen molar-refractivity contribution in [2.75, 3.05) is 19.7 Å². The number of carbonyl (C=O) groups is 2. The summed E-state index contributed by atoms with van der Waals surface area (Å²) in [5.74, 6) is 0.596. The number of nitrogens with zero attached hydrogens (tertiary/aromatic N) is 1. The van der Waals surface area contributed by atoms with E-state index in [0.29, 0.717) is 12.3 Å². The van der Waals surface area contributed by atoms with Gasteiger partial charge in [-0.1, -0.05) is 0 Å². The van der Waals surface area contributed by atoms with Gasteiger partial charge in [0.15, 0.2) is 0 Å². The Balaban J connectivity index is 1.57. The lowest BCUT2D eigenvalue weighted by molar-refractivity contribution is -0.137. The Morgan fingerprint density at radius 2 is 2.18 bits per heavy atom. The maximum atomic E-state index is 12.4. The molecule has 2 unspecified atom stereocenters. The van der Waals surface area contributed by atoms with Gasteiger partial charge in [0.25, 0.3) is 0 Å². The van der Waals surface area contributed by atoms with E-state index in [1.165, 1.54) is 6.26 Å². The van der Waals surface area contributed by atoms with Gasteiger partial charge in [0.05, 0.1) is 18.8 Å². The Morgan fingerprint density at radius 1 is 1.36 bits per heavy atom. The number of aliphatic hydroxyl groups is 1. The van der Waals surface area contributed by atoms with Crippen LogP contribution in [0.2, 0.25) is 0 Å². The van der Waals surface area contributed by atoms with Gasteiger partial charge in [0.2, 0.25) is 11.8 Å². The van der Waals surface area contributed by atoms with Crippen LogP contribution in [0.3, 0.4) is 0 Å². The summed E-state index contributed by atoms with van der Waals surface area (Å²) in [4.78, 5) is 26.4. The fraction of sp³-hybridized carbons (Fsp3) is 0.625. The molecule has 6 heteroatoms. The number of hydrogen-bond acceptors (Lipinski definition) is 4. The van der Waals surface area contributed by atoms with Crippen molar-refractivity contribution in [3.63, 3.8) is 0 Å². The van der Waals surface area contributed by atoms with Crippen LogP contribution < -0.4 is 5.32 Å². The molecule has 1 saturated heterocycles. The van der Waals surface area contributed by atoms with E-state index >= 15 is 0 Å². The zero-order chi connectivity index (χ0) is 15.5. The van der Waals surface area contributed by atoms with E-state index in [0.717, 1.165) is 32.2 Å². The number of piperidine rings is 1. The molecular formula is C16H22N2O4. The van der Waals surface area contributed by atoms with E-state index in [9.17, 15) is 14.7 Å². The summed E-state index contributed by atoms with van der Waals surface area (Å²) in [5.41, 5.74) is 0. The number of aliphatic hydroxyl groups excluding tert-OH is 1. The number of hydrogen-bond donors (Lipinski definition) is 2. The van der Waals surface area contributed by atoms with Crippen LogP contribution in [0, 0.1) is 11.8 Å². The number of furan rings is 1. The number of carbonyl (C=O) groups excluding carboxylic acids is 2. The van der Waals surface area contributed by atoms with Crippen LogP contribution in [0.25, 0.3) is 0 Å². The summed E-state index contributed by atoms with van der Waals surface area (Å²) in [5, 5.41) is 12.2. The molecule has 22 heavy (non-hydrogen) atoms. The molecule has 2 heterocycles. The molecule has 2 atom stereocenters. The lowest BCUT2D eigenvalue weighted by Crippen LogP contribution is -2.46. The molecule has 1 aliphatic carbocycles. The third-order valence-corrected chi connectivity index (χ3v) is 4.42. The van der Waals surface area contributed by atoms with Gasteiger partial charge in [-0.3, -0.25) is 9.59 Å². The van der Waals surface area contributed by atoms with Gasteiger partial charge in [0, 0.05) is 19.0 Å².